The van der Waals surface area contributed by atoms with E-state index in [0.717, 1.165) is 31.8 Å². The second-order valence-corrected chi connectivity index (χ2v) is 7.21. The predicted octanol–water partition coefficient (Wildman–Crippen LogP) is 3.07. The van der Waals surface area contributed by atoms with E-state index in [-0.39, 0.29) is 11.5 Å². The molecule has 1 aromatic rings. The Balaban J connectivity index is 1.74. The van der Waals surface area contributed by atoms with Crippen LogP contribution in [0.3, 0.4) is 0 Å². The molecule has 1 N–H and O–H groups in total. The number of benzene rings is 1. The molecule has 0 spiro atoms. The van der Waals surface area contributed by atoms with Crippen molar-refractivity contribution < 1.29 is 9.84 Å². The molecule has 1 aliphatic heterocycles. The summed E-state index contributed by atoms with van der Waals surface area (Å²) in [6.45, 7) is 12.2. The van der Waals surface area contributed by atoms with Gasteiger partial charge in [-0.3, -0.25) is 4.90 Å². The van der Waals surface area contributed by atoms with E-state index >= 15 is 0 Å². The molecule has 2 atom stereocenters. The van der Waals surface area contributed by atoms with E-state index in [9.17, 15) is 5.11 Å². The highest BCUT2D eigenvalue weighted by molar-refractivity contribution is 5.31. The molecule has 0 bridgehead atoms. The van der Waals surface area contributed by atoms with E-state index in [1.165, 1.54) is 5.56 Å². The van der Waals surface area contributed by atoms with Gasteiger partial charge in [0.15, 0.2) is 0 Å². The molecule has 0 aromatic heterocycles. The van der Waals surface area contributed by atoms with Crippen LogP contribution in [0, 0.1) is 5.92 Å². The van der Waals surface area contributed by atoms with Crippen LogP contribution in [-0.4, -0.2) is 42.4 Å². The molecule has 0 amide bonds. The zero-order valence-electron chi connectivity index (χ0n) is 13.8. The van der Waals surface area contributed by atoms with Gasteiger partial charge in [0.2, 0.25) is 0 Å². The van der Waals surface area contributed by atoms with Gasteiger partial charge < -0.3 is 9.84 Å². The number of hydrogen-bond acceptors (Lipinski definition) is 3. The average Bonchev–Trinajstić information content (AvgIpc) is 2.87. The molecular weight excluding hydrogens is 262 g/mol. The Labute approximate surface area is 128 Å². The monoisotopic (exact) mass is 291 g/mol. The molecule has 1 fully saturated rings. The summed E-state index contributed by atoms with van der Waals surface area (Å²) in [6.07, 6.45) is 0.902. The van der Waals surface area contributed by atoms with Crippen LogP contribution < -0.4 is 4.74 Å². The Morgan fingerprint density at radius 3 is 2.48 bits per heavy atom. The van der Waals surface area contributed by atoms with Gasteiger partial charge in [-0.05, 0) is 48.9 Å². The Morgan fingerprint density at radius 2 is 1.95 bits per heavy atom. The maximum atomic E-state index is 9.61. The van der Waals surface area contributed by atoms with Crippen molar-refractivity contribution in [2.75, 3.05) is 26.2 Å². The van der Waals surface area contributed by atoms with Crippen LogP contribution >= 0.6 is 0 Å². The average molecular weight is 291 g/mol. The summed E-state index contributed by atoms with van der Waals surface area (Å²) in [7, 11) is 0. The van der Waals surface area contributed by atoms with E-state index in [1.807, 2.05) is 6.92 Å². The molecule has 1 aromatic carbocycles. The minimum atomic E-state index is -0.194. The van der Waals surface area contributed by atoms with Crippen LogP contribution in [0.2, 0.25) is 0 Å². The fraction of sp³-hybridized carbons (Fsp3) is 0.667. The maximum absolute atomic E-state index is 9.61. The fourth-order valence-corrected chi connectivity index (χ4v) is 2.80. The van der Waals surface area contributed by atoms with Gasteiger partial charge in [0, 0.05) is 13.1 Å². The smallest absolute Gasteiger partial charge is 0.119 e. The van der Waals surface area contributed by atoms with E-state index in [0.29, 0.717) is 12.5 Å². The number of ether oxygens (including phenoxy) is 1. The first-order valence-electron chi connectivity index (χ1n) is 8.00. The maximum Gasteiger partial charge on any atom is 0.119 e. The predicted molar refractivity (Wildman–Crippen MR) is 86.9 cm³/mol. The SMILES string of the molecule is CC(O)C1CCN(CCOc2ccc(C(C)(C)C)cc2)C1. The number of likely N-dealkylation sites (tertiary alicyclic amines) is 1. The number of aliphatic hydroxyl groups excluding tert-OH is 1. The van der Waals surface area contributed by atoms with Gasteiger partial charge in [0.05, 0.1) is 6.10 Å². The lowest BCUT2D eigenvalue weighted by Gasteiger charge is -2.20. The van der Waals surface area contributed by atoms with Gasteiger partial charge in [-0.15, -0.1) is 0 Å². The lowest BCUT2D eigenvalue weighted by molar-refractivity contribution is 0.125. The second kappa shape index (κ2) is 6.80. The van der Waals surface area contributed by atoms with E-state index < -0.39 is 0 Å². The normalized spacial score (nSPS) is 21.5. The Morgan fingerprint density at radius 1 is 1.29 bits per heavy atom. The lowest BCUT2D eigenvalue weighted by Crippen LogP contribution is -2.28. The third-order valence-corrected chi connectivity index (χ3v) is 4.39. The molecule has 118 valence electrons. The summed E-state index contributed by atoms with van der Waals surface area (Å²) in [5.74, 6) is 1.37. The summed E-state index contributed by atoms with van der Waals surface area (Å²) in [5, 5.41) is 9.61. The number of nitrogens with zero attached hydrogens (tertiary/aromatic N) is 1. The van der Waals surface area contributed by atoms with Crippen molar-refractivity contribution in [3.63, 3.8) is 0 Å². The molecule has 2 rings (SSSR count). The fourth-order valence-electron chi connectivity index (χ4n) is 2.80. The second-order valence-electron chi connectivity index (χ2n) is 7.21. The minimum absolute atomic E-state index is 0.185. The highest BCUT2D eigenvalue weighted by Gasteiger charge is 2.25. The van der Waals surface area contributed by atoms with Crippen molar-refractivity contribution in [2.45, 2.75) is 45.6 Å². The van der Waals surface area contributed by atoms with Crippen molar-refractivity contribution in [3.05, 3.63) is 29.8 Å². The summed E-state index contributed by atoms with van der Waals surface area (Å²) in [4.78, 5) is 2.38. The Hall–Kier alpha value is -1.06. The zero-order valence-corrected chi connectivity index (χ0v) is 13.8. The molecule has 3 heteroatoms. The summed E-state index contributed by atoms with van der Waals surface area (Å²) < 4.78 is 5.83. The molecule has 1 heterocycles. The van der Waals surface area contributed by atoms with Gasteiger partial charge in [0.1, 0.15) is 12.4 Å². The van der Waals surface area contributed by atoms with E-state index in [4.69, 9.17) is 4.74 Å². The molecule has 1 aliphatic rings. The van der Waals surface area contributed by atoms with Crippen molar-refractivity contribution in [3.8, 4) is 5.75 Å². The molecule has 1 saturated heterocycles. The topological polar surface area (TPSA) is 32.7 Å². The Bertz CT molecular complexity index is 434. The van der Waals surface area contributed by atoms with E-state index in [2.05, 4.69) is 49.9 Å². The van der Waals surface area contributed by atoms with Gasteiger partial charge >= 0.3 is 0 Å². The summed E-state index contributed by atoms with van der Waals surface area (Å²) in [5.41, 5.74) is 1.51. The van der Waals surface area contributed by atoms with Gasteiger partial charge in [0.25, 0.3) is 0 Å². The number of aliphatic hydroxyl groups is 1. The zero-order chi connectivity index (χ0) is 15.5. The summed E-state index contributed by atoms with van der Waals surface area (Å²) in [6, 6.07) is 8.41. The number of hydrogen-bond donors (Lipinski definition) is 1. The van der Waals surface area contributed by atoms with Crippen LogP contribution in [0.25, 0.3) is 0 Å². The van der Waals surface area contributed by atoms with Crippen LogP contribution in [-0.2, 0) is 5.41 Å². The van der Waals surface area contributed by atoms with Crippen LogP contribution in [0.1, 0.15) is 39.7 Å². The van der Waals surface area contributed by atoms with Crippen molar-refractivity contribution in [1.29, 1.82) is 0 Å². The number of rotatable bonds is 5. The molecule has 21 heavy (non-hydrogen) atoms. The van der Waals surface area contributed by atoms with Crippen LogP contribution in [0.5, 0.6) is 5.75 Å². The first kappa shape index (κ1) is 16.3. The largest absolute Gasteiger partial charge is 0.492 e. The third-order valence-electron chi connectivity index (χ3n) is 4.39. The van der Waals surface area contributed by atoms with Crippen molar-refractivity contribution >= 4 is 0 Å². The quantitative estimate of drug-likeness (QED) is 0.905. The highest BCUT2D eigenvalue weighted by atomic mass is 16.5. The molecule has 0 aliphatic carbocycles. The van der Waals surface area contributed by atoms with Gasteiger partial charge in [-0.1, -0.05) is 32.9 Å². The first-order valence-corrected chi connectivity index (χ1v) is 8.00. The molecule has 0 saturated carbocycles. The van der Waals surface area contributed by atoms with Crippen LogP contribution in [0.4, 0.5) is 0 Å². The standard InChI is InChI=1S/C18H29NO2/c1-14(20)15-9-10-19(13-15)11-12-21-17-7-5-16(6-8-17)18(2,3)4/h5-8,14-15,20H,9-13H2,1-4H3. The van der Waals surface area contributed by atoms with E-state index in [1.54, 1.807) is 0 Å². The van der Waals surface area contributed by atoms with Crippen molar-refractivity contribution in [2.24, 2.45) is 5.92 Å². The molecule has 0 radical (unpaired) electrons. The highest BCUT2D eigenvalue weighted by Crippen LogP contribution is 2.24. The Kier molecular flexibility index (Phi) is 5.28. The molecule has 3 nitrogen and oxygen atoms in total. The summed E-state index contributed by atoms with van der Waals surface area (Å²) >= 11 is 0. The van der Waals surface area contributed by atoms with Crippen LogP contribution in [0.15, 0.2) is 24.3 Å². The van der Waals surface area contributed by atoms with Crippen molar-refractivity contribution in [1.82, 2.24) is 4.90 Å². The molecular formula is C18H29NO2. The van der Waals surface area contributed by atoms with Gasteiger partial charge in [-0.2, -0.15) is 0 Å². The third kappa shape index (κ3) is 4.72. The molecule has 2 unspecified atom stereocenters. The van der Waals surface area contributed by atoms with Gasteiger partial charge in [-0.25, -0.2) is 0 Å². The lowest BCUT2D eigenvalue weighted by atomic mass is 9.87. The minimum Gasteiger partial charge on any atom is -0.492 e. The first-order chi connectivity index (χ1) is 9.86.